The highest BCUT2D eigenvalue weighted by molar-refractivity contribution is 7.13. The number of hydroxylamine groups is 3. The molecule has 1 unspecified atom stereocenters. The maximum absolute atomic E-state index is 13.9. The Balaban J connectivity index is 0.00000504. The molecular weight excluding hydrogens is 717 g/mol. The molecular formula is C37H41Cl2N3O8S. The summed E-state index contributed by atoms with van der Waals surface area (Å²) in [7, 11) is 3.08. The van der Waals surface area contributed by atoms with Crippen molar-refractivity contribution in [3.8, 4) is 11.5 Å². The van der Waals surface area contributed by atoms with Crippen molar-refractivity contribution in [2.24, 2.45) is 5.92 Å². The van der Waals surface area contributed by atoms with Gasteiger partial charge >= 0.3 is 11.9 Å². The number of hydrogen-bond acceptors (Lipinski definition) is 10. The van der Waals surface area contributed by atoms with Gasteiger partial charge in [0.05, 0.1) is 27.3 Å². The van der Waals surface area contributed by atoms with Gasteiger partial charge in [-0.3, -0.25) is 5.32 Å². The molecule has 272 valence electrons. The summed E-state index contributed by atoms with van der Waals surface area (Å²) in [5.41, 5.74) is 0.824. The van der Waals surface area contributed by atoms with Crippen LogP contribution in [0.15, 0.2) is 73.1 Å². The Morgan fingerprint density at radius 1 is 1.02 bits per heavy atom. The minimum Gasteiger partial charge on any atom is -0.870 e. The molecule has 2 aromatic heterocycles. The number of aromatic amines is 1. The topological polar surface area (TPSA) is 150 Å². The summed E-state index contributed by atoms with van der Waals surface area (Å²) >= 11 is 14.2. The Hall–Kier alpha value is -3.75. The first-order valence-corrected chi connectivity index (χ1v) is 18.0. The highest BCUT2D eigenvalue weighted by Gasteiger charge is 2.46. The second-order valence-electron chi connectivity index (χ2n) is 12.9. The molecule has 3 saturated heterocycles. The molecule has 4 aromatic rings. The summed E-state index contributed by atoms with van der Waals surface area (Å²) in [6, 6.07) is 18.2. The number of H-pyrrole nitrogens is 1. The van der Waals surface area contributed by atoms with Gasteiger partial charge in [0.1, 0.15) is 33.1 Å². The largest absolute Gasteiger partial charge is 0.870 e. The minimum atomic E-state index is -1.20. The predicted octanol–water partition coefficient (Wildman–Crippen LogP) is 6.51. The number of fused-ring (bicyclic) bond motifs is 3. The Bertz CT molecular complexity index is 1820. The normalized spacial score (nSPS) is 21.1. The molecule has 11 nitrogen and oxygen atoms in total. The summed E-state index contributed by atoms with van der Waals surface area (Å²) in [6.45, 7) is 3.53. The maximum atomic E-state index is 13.9. The number of thiophene rings is 1. The molecule has 0 saturated carbocycles. The van der Waals surface area contributed by atoms with E-state index < -0.39 is 29.7 Å². The summed E-state index contributed by atoms with van der Waals surface area (Å²) in [6.07, 6.45) is 3.80. The van der Waals surface area contributed by atoms with Gasteiger partial charge in [0.15, 0.2) is 30.0 Å². The van der Waals surface area contributed by atoms with Crippen LogP contribution in [0.2, 0.25) is 10.0 Å². The number of hydrogen-bond donors (Lipinski definition) is 1. The number of pyridine rings is 1. The lowest BCUT2D eigenvalue weighted by Gasteiger charge is -2.55. The lowest BCUT2D eigenvalue weighted by atomic mass is 9.84. The van der Waals surface area contributed by atoms with Crippen molar-refractivity contribution in [2.75, 3.05) is 33.9 Å². The number of nitrogens with zero attached hydrogens (tertiary/aromatic N) is 1. The molecule has 0 amide bonds. The van der Waals surface area contributed by atoms with E-state index in [9.17, 15) is 14.8 Å². The third kappa shape index (κ3) is 8.49. The van der Waals surface area contributed by atoms with Gasteiger partial charge in [0, 0.05) is 42.2 Å². The van der Waals surface area contributed by atoms with E-state index in [4.69, 9.17) is 42.1 Å². The van der Waals surface area contributed by atoms with E-state index in [0.717, 1.165) is 23.3 Å². The summed E-state index contributed by atoms with van der Waals surface area (Å²) in [4.78, 5) is 31.6. The average molecular weight is 759 g/mol. The van der Waals surface area contributed by atoms with Crippen LogP contribution in [0.3, 0.4) is 0 Å². The Kier molecular flexibility index (Phi) is 12.3. The quantitative estimate of drug-likeness (QED) is 0.0915. The van der Waals surface area contributed by atoms with Crippen LogP contribution in [0.25, 0.3) is 0 Å². The van der Waals surface area contributed by atoms with Crippen molar-refractivity contribution in [3.05, 3.63) is 115 Å². The number of halogens is 2. The van der Waals surface area contributed by atoms with Crippen molar-refractivity contribution >= 4 is 46.5 Å². The van der Waals surface area contributed by atoms with E-state index in [-0.39, 0.29) is 29.0 Å². The zero-order valence-electron chi connectivity index (χ0n) is 28.5. The first kappa shape index (κ1) is 38.5. The fraction of sp³-hybridized carbons (Fsp3) is 0.378. The molecule has 2 bridgehead atoms. The van der Waals surface area contributed by atoms with E-state index in [2.05, 4.69) is 10.3 Å². The lowest BCUT2D eigenvalue weighted by molar-refractivity contribution is -0.900. The first-order valence-electron chi connectivity index (χ1n) is 16.5. The van der Waals surface area contributed by atoms with Crippen molar-refractivity contribution < 1.29 is 43.6 Å². The minimum absolute atomic E-state index is 0. The average Bonchev–Trinajstić information content (AvgIpc) is 3.61. The molecule has 51 heavy (non-hydrogen) atoms. The zero-order valence-corrected chi connectivity index (χ0v) is 30.9. The van der Waals surface area contributed by atoms with Gasteiger partial charge in [0.25, 0.3) is 0 Å². The van der Waals surface area contributed by atoms with Gasteiger partial charge < -0.3 is 34.3 Å². The molecule has 5 heterocycles. The number of carbonyl (C=O) groups excluding carboxylic acids is 2. The molecule has 3 aliphatic heterocycles. The Morgan fingerprint density at radius 2 is 1.71 bits per heavy atom. The standard InChI is InChI=1S/C37H39Cl2N3O7S.H2O/c1-37(25-7-5-4-6-8-25,36(44)49-33-22-42(45)15-13-23(33)14-16-42)41-19-26-10-12-34(50-26)35(43)48-31(18-27-28(38)20-40-21-29(27)39)24-9-11-30(46-2)32(17-24)47-3;/h4-12,17,20-21,23,31,33,41H,13-16,18-19,22H2,1-3H3;1H2/t23?,31-,33-,37?,42?;/m0./s1. The van der Waals surface area contributed by atoms with E-state index in [0.29, 0.717) is 57.2 Å². The Morgan fingerprint density at radius 3 is 2.35 bits per heavy atom. The van der Waals surface area contributed by atoms with E-state index >= 15 is 0 Å². The number of nitrogens with one attached hydrogen (secondary N) is 2. The fourth-order valence-corrected chi connectivity index (χ4v) is 8.08. The maximum Gasteiger partial charge on any atom is 0.348 e. The predicted molar refractivity (Wildman–Crippen MR) is 192 cm³/mol. The number of benzene rings is 2. The van der Waals surface area contributed by atoms with Gasteiger partial charge in [-0.2, -0.15) is 0 Å². The number of esters is 2. The van der Waals surface area contributed by atoms with Crippen LogP contribution in [0, 0.1) is 11.1 Å². The van der Waals surface area contributed by atoms with Gasteiger partial charge in [-0.05, 0) is 42.3 Å². The molecule has 3 atom stereocenters. The van der Waals surface area contributed by atoms with E-state index in [1.54, 1.807) is 50.7 Å². The number of aromatic nitrogens is 1. The van der Waals surface area contributed by atoms with Gasteiger partial charge in [-0.25, -0.2) is 14.6 Å². The molecule has 0 spiro atoms. The molecule has 3 N–H and O–H groups in total. The summed E-state index contributed by atoms with van der Waals surface area (Å²) in [5.74, 6) is 0.260. The molecule has 3 aliphatic rings. The Labute approximate surface area is 310 Å². The molecule has 3 fully saturated rings. The van der Waals surface area contributed by atoms with Crippen LogP contribution in [0.4, 0.5) is 0 Å². The van der Waals surface area contributed by atoms with E-state index in [1.165, 1.54) is 18.4 Å². The molecule has 14 heteroatoms. The van der Waals surface area contributed by atoms with Gasteiger partial charge in [0.2, 0.25) is 0 Å². The van der Waals surface area contributed by atoms with Crippen LogP contribution < -0.4 is 19.8 Å². The molecule has 7 rings (SSSR count). The van der Waals surface area contributed by atoms with Crippen molar-refractivity contribution in [3.63, 3.8) is 0 Å². The van der Waals surface area contributed by atoms with Crippen LogP contribution >= 0.6 is 34.5 Å². The highest BCUT2D eigenvalue weighted by Crippen LogP contribution is 2.38. The number of methoxy groups -OCH3 is 2. The zero-order chi connectivity index (χ0) is 35.5. The summed E-state index contributed by atoms with van der Waals surface area (Å²) < 4.78 is 22.8. The third-order valence-corrected chi connectivity index (χ3v) is 11.5. The first-order chi connectivity index (χ1) is 24.0. The highest BCUT2D eigenvalue weighted by atomic mass is 35.5. The fourth-order valence-electron chi connectivity index (χ4n) is 6.71. The monoisotopic (exact) mass is 757 g/mol. The number of quaternary nitrogens is 1. The van der Waals surface area contributed by atoms with Crippen LogP contribution in [0.5, 0.6) is 11.5 Å². The van der Waals surface area contributed by atoms with Crippen molar-refractivity contribution in [2.45, 2.75) is 50.5 Å². The summed E-state index contributed by atoms with van der Waals surface area (Å²) in [5, 5.41) is 17.2. The molecule has 0 aliphatic carbocycles. The van der Waals surface area contributed by atoms with Crippen molar-refractivity contribution in [1.29, 1.82) is 0 Å². The van der Waals surface area contributed by atoms with E-state index in [1.807, 2.05) is 36.4 Å². The van der Waals surface area contributed by atoms with Crippen molar-refractivity contribution in [1.82, 2.24) is 5.32 Å². The van der Waals surface area contributed by atoms with Gasteiger partial charge in [-0.15, -0.1) is 11.3 Å². The molecule has 0 radical (unpaired) electrons. The number of piperidine rings is 3. The van der Waals surface area contributed by atoms with Crippen LogP contribution in [-0.2, 0) is 32.8 Å². The SMILES string of the molecule is COc1ccc([C@H](Cc2c(Cl)c[nH+]cc2Cl)OC(=O)c2ccc(CNC(C)(C(=O)O[C@H]3C[N+]4([O-])CCC3CC4)c3ccccc3)s2)cc1OC.[OH-]. The second kappa shape index (κ2) is 16.3. The second-order valence-corrected chi connectivity index (χ2v) is 14.9. The number of rotatable bonds is 13. The van der Waals surface area contributed by atoms with Crippen LogP contribution in [-0.4, -0.2) is 62.0 Å². The lowest BCUT2D eigenvalue weighted by Crippen LogP contribution is -2.62. The molecule has 2 aromatic carbocycles. The number of carbonyl (C=O) groups is 2. The van der Waals surface area contributed by atoms with Gasteiger partial charge in [-0.1, -0.05) is 59.6 Å². The smallest absolute Gasteiger partial charge is 0.348 e. The van der Waals surface area contributed by atoms with Crippen LogP contribution in [0.1, 0.15) is 57.1 Å². The third-order valence-electron chi connectivity index (χ3n) is 9.76. The number of ether oxygens (including phenoxy) is 4.